The molecule has 1 rings (SSSR count). The van der Waals surface area contributed by atoms with Crippen LogP contribution in [0.5, 0.6) is 0 Å². The third-order valence-electron chi connectivity index (χ3n) is 1.63. The lowest BCUT2D eigenvalue weighted by Gasteiger charge is -2.01. The minimum Gasteiger partial charge on any atom is -0.382 e. The maximum atomic E-state index is 8.66. The fraction of sp³-hybridized carbons (Fsp3) is 0.556. The first-order chi connectivity index (χ1) is 7.27. The second kappa shape index (κ2) is 6.62. The van der Waals surface area contributed by atoms with Crippen molar-refractivity contribution < 1.29 is 4.74 Å². The van der Waals surface area contributed by atoms with Gasteiger partial charge in [-0.3, -0.25) is 0 Å². The van der Waals surface area contributed by atoms with E-state index in [1.807, 2.05) is 13.0 Å². The average Bonchev–Trinajstić information content (AvgIpc) is 2.59. The van der Waals surface area contributed by atoms with E-state index in [1.165, 1.54) is 11.3 Å². The number of halogens is 1. The second-order valence-electron chi connectivity index (χ2n) is 2.73. The molecule has 0 aromatic carbocycles. The molecule has 0 spiro atoms. The zero-order valence-corrected chi connectivity index (χ0v) is 9.99. The molecule has 0 bridgehead atoms. The molecule has 15 heavy (non-hydrogen) atoms. The molecular formula is C9H12ClN3OS. The molecule has 1 N–H and O–H groups in total. The van der Waals surface area contributed by atoms with Crippen LogP contribution in [0.1, 0.15) is 18.2 Å². The Kier molecular flexibility index (Phi) is 5.40. The lowest BCUT2D eigenvalue weighted by molar-refractivity contribution is 0.147. The van der Waals surface area contributed by atoms with Gasteiger partial charge in [-0.25, -0.2) is 4.98 Å². The summed E-state index contributed by atoms with van der Waals surface area (Å²) in [6.45, 7) is 4.21. The molecule has 0 saturated carbocycles. The van der Waals surface area contributed by atoms with Gasteiger partial charge in [-0.15, -0.1) is 0 Å². The predicted molar refractivity (Wildman–Crippen MR) is 61.4 cm³/mol. The van der Waals surface area contributed by atoms with Gasteiger partial charge in [0.2, 0.25) is 0 Å². The van der Waals surface area contributed by atoms with Crippen molar-refractivity contribution in [2.24, 2.45) is 0 Å². The Morgan fingerprint density at radius 3 is 3.07 bits per heavy atom. The van der Waals surface area contributed by atoms with Crippen molar-refractivity contribution in [3.63, 3.8) is 0 Å². The smallest absolute Gasteiger partial charge is 0.185 e. The fourth-order valence-electron chi connectivity index (χ4n) is 0.960. The van der Waals surface area contributed by atoms with Crippen LogP contribution < -0.4 is 5.32 Å². The Balaban J connectivity index is 2.29. The van der Waals surface area contributed by atoms with Crippen molar-refractivity contribution in [3.8, 4) is 6.07 Å². The molecule has 1 aromatic heterocycles. The quantitative estimate of drug-likeness (QED) is 0.783. The van der Waals surface area contributed by atoms with Gasteiger partial charge in [0.1, 0.15) is 10.9 Å². The van der Waals surface area contributed by atoms with Crippen LogP contribution in [0.25, 0.3) is 0 Å². The molecule has 1 heterocycles. The van der Waals surface area contributed by atoms with Crippen molar-refractivity contribution in [2.45, 2.75) is 13.3 Å². The van der Waals surface area contributed by atoms with E-state index in [0.29, 0.717) is 10.0 Å². The van der Waals surface area contributed by atoms with E-state index >= 15 is 0 Å². The average molecular weight is 246 g/mol. The minimum absolute atomic E-state index is 0.273. The van der Waals surface area contributed by atoms with Crippen LogP contribution in [0.3, 0.4) is 0 Å². The number of nitriles is 1. The normalized spacial score (nSPS) is 9.93. The first-order valence-corrected chi connectivity index (χ1v) is 5.85. The number of hydrogen-bond donors (Lipinski definition) is 1. The van der Waals surface area contributed by atoms with Crippen LogP contribution in [0.4, 0.5) is 5.13 Å². The second-order valence-corrected chi connectivity index (χ2v) is 4.09. The summed E-state index contributed by atoms with van der Waals surface area (Å²) in [5.74, 6) is 0. The standard InChI is InChI=1S/C9H12ClN3OS/c1-2-14-5-3-4-12-9-13-8(10)7(6-11)15-9/h2-5H2,1H3,(H,12,13). The van der Waals surface area contributed by atoms with E-state index in [0.717, 1.165) is 26.2 Å². The number of thiazole rings is 1. The molecule has 4 nitrogen and oxygen atoms in total. The van der Waals surface area contributed by atoms with Crippen LogP contribution >= 0.6 is 22.9 Å². The highest BCUT2D eigenvalue weighted by Crippen LogP contribution is 2.25. The van der Waals surface area contributed by atoms with E-state index < -0.39 is 0 Å². The first kappa shape index (κ1) is 12.2. The SMILES string of the molecule is CCOCCCNc1nc(Cl)c(C#N)s1. The molecule has 0 aliphatic rings. The van der Waals surface area contributed by atoms with Crippen LogP contribution in [-0.4, -0.2) is 24.7 Å². The Labute approximate surface area is 97.8 Å². The highest BCUT2D eigenvalue weighted by atomic mass is 35.5. The molecule has 6 heteroatoms. The Bertz CT molecular complexity index is 348. The van der Waals surface area contributed by atoms with Gasteiger partial charge in [0, 0.05) is 19.8 Å². The van der Waals surface area contributed by atoms with E-state index in [9.17, 15) is 0 Å². The van der Waals surface area contributed by atoms with Gasteiger partial charge in [-0.05, 0) is 13.3 Å². The largest absolute Gasteiger partial charge is 0.382 e. The number of rotatable bonds is 6. The van der Waals surface area contributed by atoms with Crippen LogP contribution in [0, 0.1) is 11.3 Å². The Morgan fingerprint density at radius 2 is 2.47 bits per heavy atom. The summed E-state index contributed by atoms with van der Waals surface area (Å²) in [5.41, 5.74) is 0. The fourth-order valence-corrected chi connectivity index (χ4v) is 1.93. The molecule has 0 radical (unpaired) electrons. The van der Waals surface area contributed by atoms with Gasteiger partial charge in [0.25, 0.3) is 0 Å². The van der Waals surface area contributed by atoms with Crippen molar-refractivity contribution in [3.05, 3.63) is 10.0 Å². The molecule has 0 saturated heterocycles. The third kappa shape index (κ3) is 4.04. The molecule has 0 atom stereocenters. The number of hydrogen-bond acceptors (Lipinski definition) is 5. The summed E-state index contributed by atoms with van der Waals surface area (Å²) in [7, 11) is 0. The first-order valence-electron chi connectivity index (χ1n) is 4.66. The molecule has 0 unspecified atom stereocenters. The molecule has 0 fully saturated rings. The van der Waals surface area contributed by atoms with Gasteiger partial charge in [-0.2, -0.15) is 5.26 Å². The summed E-state index contributed by atoms with van der Waals surface area (Å²) < 4.78 is 5.19. The van der Waals surface area contributed by atoms with E-state index in [-0.39, 0.29) is 5.15 Å². The molecular weight excluding hydrogens is 234 g/mol. The van der Waals surface area contributed by atoms with Gasteiger partial charge >= 0.3 is 0 Å². The topological polar surface area (TPSA) is 57.9 Å². The van der Waals surface area contributed by atoms with Gasteiger partial charge in [-0.1, -0.05) is 22.9 Å². The summed E-state index contributed by atoms with van der Waals surface area (Å²) in [6, 6.07) is 1.99. The van der Waals surface area contributed by atoms with Crippen LogP contribution in [0.2, 0.25) is 5.15 Å². The molecule has 0 aliphatic heterocycles. The van der Waals surface area contributed by atoms with Crippen molar-refractivity contribution in [1.29, 1.82) is 5.26 Å². The van der Waals surface area contributed by atoms with Gasteiger partial charge < -0.3 is 10.1 Å². The predicted octanol–water partition coefficient (Wildman–Crippen LogP) is 2.51. The maximum absolute atomic E-state index is 8.66. The Hall–Kier alpha value is -0.830. The summed E-state index contributed by atoms with van der Waals surface area (Å²) >= 11 is 6.99. The van der Waals surface area contributed by atoms with E-state index in [1.54, 1.807) is 0 Å². The van der Waals surface area contributed by atoms with Gasteiger partial charge in [0.15, 0.2) is 10.3 Å². The van der Waals surface area contributed by atoms with E-state index in [4.69, 9.17) is 21.6 Å². The summed E-state index contributed by atoms with van der Waals surface area (Å²) in [6.07, 6.45) is 0.910. The summed E-state index contributed by atoms with van der Waals surface area (Å²) in [5, 5.41) is 12.7. The lowest BCUT2D eigenvalue weighted by Crippen LogP contribution is -2.05. The lowest BCUT2D eigenvalue weighted by atomic mass is 10.4. The van der Waals surface area contributed by atoms with Crippen LogP contribution in [-0.2, 0) is 4.74 Å². The highest BCUT2D eigenvalue weighted by Gasteiger charge is 2.07. The summed E-state index contributed by atoms with van der Waals surface area (Å²) in [4.78, 5) is 4.46. The van der Waals surface area contributed by atoms with Crippen LogP contribution in [0.15, 0.2) is 0 Å². The minimum atomic E-state index is 0.273. The number of nitrogens with one attached hydrogen (secondary N) is 1. The zero-order valence-electron chi connectivity index (χ0n) is 8.42. The molecule has 1 aromatic rings. The molecule has 0 aliphatic carbocycles. The maximum Gasteiger partial charge on any atom is 0.185 e. The monoisotopic (exact) mass is 245 g/mol. The van der Waals surface area contributed by atoms with Gasteiger partial charge in [0.05, 0.1) is 0 Å². The van der Waals surface area contributed by atoms with Crippen molar-refractivity contribution in [1.82, 2.24) is 4.98 Å². The van der Waals surface area contributed by atoms with Crippen molar-refractivity contribution in [2.75, 3.05) is 25.1 Å². The highest BCUT2D eigenvalue weighted by molar-refractivity contribution is 7.16. The molecule has 0 amide bonds. The number of nitrogens with zero attached hydrogens (tertiary/aromatic N) is 2. The van der Waals surface area contributed by atoms with E-state index in [2.05, 4.69) is 10.3 Å². The van der Waals surface area contributed by atoms with Crippen molar-refractivity contribution >= 4 is 28.1 Å². The zero-order chi connectivity index (χ0) is 11.1. The number of anilines is 1. The Morgan fingerprint density at radius 1 is 1.67 bits per heavy atom. The number of ether oxygens (including phenoxy) is 1. The molecule has 82 valence electrons. The number of aromatic nitrogens is 1. The third-order valence-corrected chi connectivity index (χ3v) is 2.94.